The van der Waals surface area contributed by atoms with Crippen molar-refractivity contribution >= 4 is 28.7 Å². The van der Waals surface area contributed by atoms with Gasteiger partial charge in [0.2, 0.25) is 0 Å². The highest BCUT2D eigenvalue weighted by Crippen LogP contribution is 2.37. The number of rotatable bonds is 4. The van der Waals surface area contributed by atoms with Gasteiger partial charge in [-0.1, -0.05) is 24.8 Å². The largest absolute Gasteiger partial charge is 0.410 e. The molecule has 0 N–H and O–H groups in total. The third kappa shape index (κ3) is 3.41. The molecular formula is C20H20N4OS2. The molecule has 4 heterocycles. The molecule has 7 heteroatoms. The minimum absolute atomic E-state index is 0.595. The molecule has 1 aliphatic rings. The van der Waals surface area contributed by atoms with Gasteiger partial charge in [-0.2, -0.15) is 0 Å². The maximum Gasteiger partial charge on any atom is 0.277 e. The lowest BCUT2D eigenvalue weighted by molar-refractivity contribution is 0.466. The van der Waals surface area contributed by atoms with E-state index in [1.807, 2.05) is 6.07 Å². The van der Waals surface area contributed by atoms with E-state index >= 15 is 0 Å². The molecule has 1 atom stereocenters. The van der Waals surface area contributed by atoms with Crippen LogP contribution in [0, 0.1) is 12.8 Å². The van der Waals surface area contributed by atoms with Gasteiger partial charge in [0, 0.05) is 23.0 Å². The van der Waals surface area contributed by atoms with Gasteiger partial charge in [-0.25, -0.2) is 4.98 Å². The molecule has 0 aliphatic heterocycles. The molecule has 0 radical (unpaired) electrons. The Bertz CT molecular complexity index is 1110. The molecule has 0 amide bonds. The van der Waals surface area contributed by atoms with Crippen LogP contribution in [0.15, 0.2) is 40.2 Å². The Kier molecular flexibility index (Phi) is 4.28. The molecule has 4 aromatic rings. The second-order valence-electron chi connectivity index (χ2n) is 7.27. The molecule has 0 saturated carbocycles. The number of thioether (sulfide) groups is 1. The lowest BCUT2D eigenvalue weighted by Crippen LogP contribution is -2.07. The average Bonchev–Trinajstić information content (AvgIpc) is 3.36. The Morgan fingerprint density at radius 2 is 2.22 bits per heavy atom. The molecule has 0 bridgehead atoms. The fourth-order valence-corrected chi connectivity index (χ4v) is 5.32. The standard InChI is InChI=1S/C20H20N4OS2/c1-12-3-5-16-14(7-12)8-17(27-16)19-22-23-20(25-19)26-11-15-10-24-9-13(2)4-6-18(24)21-15/h4,6,8-10,12H,3,5,7,11H2,1-2H3/t12-/m1/s1. The van der Waals surface area contributed by atoms with Crippen LogP contribution in [0.1, 0.15) is 35.0 Å². The van der Waals surface area contributed by atoms with Crippen LogP contribution >= 0.6 is 23.1 Å². The summed E-state index contributed by atoms with van der Waals surface area (Å²) in [4.78, 5) is 7.22. The molecule has 27 heavy (non-hydrogen) atoms. The van der Waals surface area contributed by atoms with E-state index in [0.29, 0.717) is 16.9 Å². The highest BCUT2D eigenvalue weighted by molar-refractivity contribution is 7.98. The Balaban J connectivity index is 1.30. The van der Waals surface area contributed by atoms with Gasteiger partial charge in [0.25, 0.3) is 11.1 Å². The fraction of sp³-hybridized carbons (Fsp3) is 0.350. The number of hydrogen-bond acceptors (Lipinski definition) is 6. The van der Waals surface area contributed by atoms with Gasteiger partial charge in [-0.05, 0) is 55.4 Å². The lowest BCUT2D eigenvalue weighted by atomic mass is 9.90. The van der Waals surface area contributed by atoms with E-state index in [2.05, 4.69) is 58.0 Å². The molecule has 1 aliphatic carbocycles. The lowest BCUT2D eigenvalue weighted by Gasteiger charge is -2.16. The number of pyridine rings is 1. The first-order chi connectivity index (χ1) is 13.1. The van der Waals surface area contributed by atoms with Gasteiger partial charge in [0.05, 0.1) is 10.6 Å². The van der Waals surface area contributed by atoms with Crippen molar-refractivity contribution in [3.8, 4) is 10.8 Å². The van der Waals surface area contributed by atoms with Crippen LogP contribution in [0.3, 0.4) is 0 Å². The Labute approximate surface area is 165 Å². The predicted molar refractivity (Wildman–Crippen MR) is 108 cm³/mol. The van der Waals surface area contributed by atoms with Crippen molar-refractivity contribution in [2.24, 2.45) is 5.92 Å². The Hall–Kier alpha value is -2.12. The summed E-state index contributed by atoms with van der Waals surface area (Å²) in [6, 6.07) is 6.35. The zero-order valence-electron chi connectivity index (χ0n) is 15.3. The molecule has 138 valence electrons. The summed E-state index contributed by atoms with van der Waals surface area (Å²) in [5.41, 5.74) is 4.64. The van der Waals surface area contributed by atoms with Crippen molar-refractivity contribution < 1.29 is 4.42 Å². The van der Waals surface area contributed by atoms with Gasteiger partial charge in [-0.15, -0.1) is 21.5 Å². The normalized spacial score (nSPS) is 16.7. The summed E-state index contributed by atoms with van der Waals surface area (Å²) in [6.45, 7) is 4.40. The van der Waals surface area contributed by atoms with E-state index in [0.717, 1.165) is 28.6 Å². The van der Waals surface area contributed by atoms with Crippen molar-refractivity contribution in [3.05, 3.63) is 52.3 Å². The van der Waals surface area contributed by atoms with Crippen molar-refractivity contribution in [1.29, 1.82) is 0 Å². The number of fused-ring (bicyclic) bond motifs is 2. The van der Waals surface area contributed by atoms with Gasteiger partial charge in [0.15, 0.2) is 0 Å². The first kappa shape index (κ1) is 17.0. The third-order valence-electron chi connectivity index (χ3n) is 4.94. The number of aryl methyl sites for hydroxylation is 2. The second kappa shape index (κ2) is 6.80. The zero-order valence-corrected chi connectivity index (χ0v) is 16.9. The number of imidazole rings is 1. The van der Waals surface area contributed by atoms with Gasteiger partial charge in [0.1, 0.15) is 5.65 Å². The SMILES string of the molecule is Cc1ccc2nc(CSc3nnc(-c4cc5c(s4)CC[C@@H](C)C5)o3)cn2c1. The summed E-state index contributed by atoms with van der Waals surface area (Å²) >= 11 is 3.33. The summed E-state index contributed by atoms with van der Waals surface area (Å²) in [5, 5.41) is 9.07. The molecule has 0 spiro atoms. The highest BCUT2D eigenvalue weighted by atomic mass is 32.2. The summed E-state index contributed by atoms with van der Waals surface area (Å²) in [6.07, 6.45) is 7.75. The van der Waals surface area contributed by atoms with Crippen LogP contribution in [0.5, 0.6) is 0 Å². The minimum atomic E-state index is 0.595. The fourth-order valence-electron chi connectivity index (χ4n) is 3.54. The van der Waals surface area contributed by atoms with Crippen LogP contribution < -0.4 is 0 Å². The number of aromatic nitrogens is 4. The topological polar surface area (TPSA) is 56.2 Å². The molecule has 0 fully saturated rings. The Morgan fingerprint density at radius 3 is 3.15 bits per heavy atom. The van der Waals surface area contributed by atoms with E-state index < -0.39 is 0 Å². The average molecular weight is 397 g/mol. The van der Waals surface area contributed by atoms with Gasteiger partial charge in [-0.3, -0.25) is 0 Å². The molecule has 0 unspecified atom stereocenters. The van der Waals surface area contributed by atoms with Crippen molar-refractivity contribution in [2.45, 2.75) is 44.1 Å². The predicted octanol–water partition coefficient (Wildman–Crippen LogP) is 5.17. The van der Waals surface area contributed by atoms with E-state index in [9.17, 15) is 0 Å². The smallest absolute Gasteiger partial charge is 0.277 e. The van der Waals surface area contributed by atoms with Crippen LogP contribution in [0.2, 0.25) is 0 Å². The summed E-state index contributed by atoms with van der Waals surface area (Å²) in [7, 11) is 0. The first-order valence-corrected chi connectivity index (χ1v) is 11.0. The second-order valence-corrected chi connectivity index (χ2v) is 9.34. The number of hydrogen-bond donors (Lipinski definition) is 0. The maximum atomic E-state index is 5.91. The highest BCUT2D eigenvalue weighted by Gasteiger charge is 2.21. The van der Waals surface area contributed by atoms with Gasteiger partial charge < -0.3 is 8.82 Å². The minimum Gasteiger partial charge on any atom is -0.410 e. The number of thiophene rings is 1. The monoisotopic (exact) mass is 396 g/mol. The number of nitrogens with zero attached hydrogens (tertiary/aromatic N) is 4. The van der Waals surface area contributed by atoms with Crippen molar-refractivity contribution in [2.75, 3.05) is 0 Å². The first-order valence-electron chi connectivity index (χ1n) is 9.16. The molecule has 5 nitrogen and oxygen atoms in total. The van der Waals surface area contributed by atoms with E-state index in [4.69, 9.17) is 4.42 Å². The van der Waals surface area contributed by atoms with E-state index in [1.165, 1.54) is 40.6 Å². The van der Waals surface area contributed by atoms with E-state index in [-0.39, 0.29) is 0 Å². The third-order valence-corrected chi connectivity index (χ3v) is 7.02. The van der Waals surface area contributed by atoms with Gasteiger partial charge >= 0.3 is 0 Å². The van der Waals surface area contributed by atoms with Crippen LogP contribution in [-0.2, 0) is 18.6 Å². The molecule has 0 aromatic carbocycles. The van der Waals surface area contributed by atoms with Crippen molar-refractivity contribution in [3.63, 3.8) is 0 Å². The van der Waals surface area contributed by atoms with Crippen molar-refractivity contribution in [1.82, 2.24) is 19.6 Å². The Morgan fingerprint density at radius 1 is 1.30 bits per heavy atom. The quantitative estimate of drug-likeness (QED) is 0.445. The molecule has 5 rings (SSSR count). The maximum absolute atomic E-state index is 5.91. The zero-order chi connectivity index (χ0) is 18.4. The van der Waals surface area contributed by atoms with E-state index in [1.54, 1.807) is 11.3 Å². The van der Waals surface area contributed by atoms with Crippen LogP contribution in [0.4, 0.5) is 0 Å². The van der Waals surface area contributed by atoms with Crippen LogP contribution in [0.25, 0.3) is 16.4 Å². The molecule has 0 saturated heterocycles. The molecular weight excluding hydrogens is 376 g/mol. The van der Waals surface area contributed by atoms with Crippen LogP contribution in [-0.4, -0.2) is 19.6 Å². The summed E-state index contributed by atoms with van der Waals surface area (Å²) in [5.74, 6) is 2.11. The summed E-state index contributed by atoms with van der Waals surface area (Å²) < 4.78 is 7.96. The molecule has 4 aromatic heterocycles.